The van der Waals surface area contributed by atoms with Gasteiger partial charge >= 0.3 is 11.7 Å². The van der Waals surface area contributed by atoms with Crippen LogP contribution in [-0.2, 0) is 11.3 Å². The molecule has 0 radical (unpaired) electrons. The molecule has 0 saturated carbocycles. The molecule has 3 N–H and O–H groups in total. The molecule has 82 valence electrons. The molecule has 0 aliphatic heterocycles. The third-order valence-electron chi connectivity index (χ3n) is 1.81. The minimum Gasteiger partial charge on any atom is -0.480 e. The van der Waals surface area contributed by atoms with Gasteiger partial charge < -0.3 is 15.4 Å². The van der Waals surface area contributed by atoms with Crippen LogP contribution in [0.4, 0.5) is 5.69 Å². The Morgan fingerprint density at radius 3 is 2.80 bits per heavy atom. The zero-order valence-electron chi connectivity index (χ0n) is 8.11. The van der Waals surface area contributed by atoms with E-state index < -0.39 is 17.2 Å². The fourth-order valence-corrected chi connectivity index (χ4v) is 1.10. The lowest BCUT2D eigenvalue weighted by Gasteiger charge is -2.05. The highest BCUT2D eigenvalue weighted by Gasteiger charge is 2.06. The lowest BCUT2D eigenvalue weighted by molar-refractivity contribution is -0.134. The van der Waals surface area contributed by atoms with E-state index in [9.17, 15) is 14.4 Å². The van der Waals surface area contributed by atoms with E-state index in [1.54, 1.807) is 6.92 Å². The van der Waals surface area contributed by atoms with Crippen LogP contribution >= 0.6 is 0 Å². The van der Waals surface area contributed by atoms with E-state index in [1.807, 2.05) is 0 Å². The Balaban J connectivity index is 3.06. The van der Waals surface area contributed by atoms with Gasteiger partial charge in [-0.3, -0.25) is 14.2 Å². The molecule has 1 rings (SSSR count). The molecule has 0 aliphatic carbocycles. The predicted octanol–water partition coefficient (Wildman–Crippen LogP) is -0.947. The largest absolute Gasteiger partial charge is 0.480 e. The highest BCUT2D eigenvalue weighted by atomic mass is 16.4. The summed E-state index contributed by atoms with van der Waals surface area (Å²) < 4.78 is 0.976. The molecule has 1 aromatic rings. The number of carboxylic acid groups (broad SMARTS) is 1. The average Bonchev–Trinajstić information content (AvgIpc) is 2.17. The smallest absolute Gasteiger partial charge is 0.328 e. The molecule has 1 heterocycles. The van der Waals surface area contributed by atoms with E-state index in [4.69, 9.17) is 5.11 Å². The summed E-state index contributed by atoms with van der Waals surface area (Å²) in [7, 11) is 0. The SMILES string of the molecule is CCn1c(=O)[nH]cc(NCC(=O)O)c1=O. The summed E-state index contributed by atoms with van der Waals surface area (Å²) in [6.07, 6.45) is 1.17. The molecule has 0 unspecified atom stereocenters. The minimum atomic E-state index is -1.08. The maximum Gasteiger partial charge on any atom is 0.328 e. The van der Waals surface area contributed by atoms with Crippen molar-refractivity contribution in [1.29, 1.82) is 0 Å². The number of nitrogens with zero attached hydrogens (tertiary/aromatic N) is 1. The Morgan fingerprint density at radius 2 is 2.27 bits per heavy atom. The maximum atomic E-state index is 11.5. The van der Waals surface area contributed by atoms with E-state index in [0.717, 1.165) is 4.57 Å². The van der Waals surface area contributed by atoms with Gasteiger partial charge in [-0.2, -0.15) is 0 Å². The van der Waals surface area contributed by atoms with Crippen LogP contribution in [-0.4, -0.2) is 27.2 Å². The van der Waals surface area contributed by atoms with E-state index in [0.29, 0.717) is 0 Å². The molecule has 15 heavy (non-hydrogen) atoms. The van der Waals surface area contributed by atoms with E-state index in [1.165, 1.54) is 6.20 Å². The average molecular weight is 213 g/mol. The van der Waals surface area contributed by atoms with Crippen molar-refractivity contribution < 1.29 is 9.90 Å². The van der Waals surface area contributed by atoms with Crippen molar-refractivity contribution in [3.05, 3.63) is 27.0 Å². The van der Waals surface area contributed by atoms with Gasteiger partial charge in [0.15, 0.2) is 0 Å². The van der Waals surface area contributed by atoms with Crippen molar-refractivity contribution >= 4 is 11.7 Å². The molecule has 0 saturated heterocycles. The van der Waals surface area contributed by atoms with Gasteiger partial charge in [0, 0.05) is 12.7 Å². The Labute approximate surface area is 84.4 Å². The lowest BCUT2D eigenvalue weighted by Crippen LogP contribution is -2.36. The van der Waals surface area contributed by atoms with E-state index in [2.05, 4.69) is 10.3 Å². The van der Waals surface area contributed by atoms with Gasteiger partial charge in [0.05, 0.1) is 0 Å². The second-order valence-electron chi connectivity index (χ2n) is 2.80. The van der Waals surface area contributed by atoms with Crippen LogP contribution in [0.25, 0.3) is 0 Å². The minimum absolute atomic E-state index is 0.0684. The first-order valence-corrected chi connectivity index (χ1v) is 4.34. The fraction of sp³-hybridized carbons (Fsp3) is 0.375. The van der Waals surface area contributed by atoms with Crippen LogP contribution in [0.3, 0.4) is 0 Å². The Hall–Kier alpha value is -2.05. The number of hydrogen-bond acceptors (Lipinski definition) is 4. The summed E-state index contributed by atoms with van der Waals surface area (Å²) in [5, 5.41) is 10.8. The molecular formula is C8H11N3O4. The number of anilines is 1. The number of aliphatic carboxylic acids is 1. The summed E-state index contributed by atoms with van der Waals surface area (Å²) >= 11 is 0. The zero-order chi connectivity index (χ0) is 11.4. The lowest BCUT2D eigenvalue weighted by atomic mass is 10.4. The Kier molecular flexibility index (Phi) is 3.27. The molecule has 0 atom stereocenters. The second-order valence-corrected chi connectivity index (χ2v) is 2.80. The number of H-pyrrole nitrogens is 1. The van der Waals surface area contributed by atoms with Crippen LogP contribution in [0.5, 0.6) is 0 Å². The molecule has 0 aromatic carbocycles. The van der Waals surface area contributed by atoms with Crippen LogP contribution in [0.15, 0.2) is 15.8 Å². The number of aromatic nitrogens is 2. The third-order valence-corrected chi connectivity index (χ3v) is 1.81. The van der Waals surface area contributed by atoms with E-state index in [-0.39, 0.29) is 18.8 Å². The zero-order valence-corrected chi connectivity index (χ0v) is 8.11. The van der Waals surface area contributed by atoms with Gasteiger partial charge in [0.25, 0.3) is 5.56 Å². The maximum absolute atomic E-state index is 11.5. The van der Waals surface area contributed by atoms with E-state index >= 15 is 0 Å². The molecule has 0 spiro atoms. The van der Waals surface area contributed by atoms with Crippen molar-refractivity contribution in [3.8, 4) is 0 Å². The van der Waals surface area contributed by atoms with Crippen molar-refractivity contribution in [1.82, 2.24) is 9.55 Å². The second kappa shape index (κ2) is 4.45. The highest BCUT2D eigenvalue weighted by Crippen LogP contribution is 1.92. The van der Waals surface area contributed by atoms with Gasteiger partial charge in [-0.15, -0.1) is 0 Å². The van der Waals surface area contributed by atoms with Crippen molar-refractivity contribution in [2.45, 2.75) is 13.5 Å². The number of carbonyl (C=O) groups is 1. The summed E-state index contributed by atoms with van der Waals surface area (Å²) in [5.41, 5.74) is -0.968. The summed E-state index contributed by atoms with van der Waals surface area (Å²) in [6, 6.07) is 0. The molecular weight excluding hydrogens is 202 g/mol. The van der Waals surface area contributed by atoms with Crippen LogP contribution < -0.4 is 16.6 Å². The molecule has 0 bridgehead atoms. The quantitative estimate of drug-likeness (QED) is 0.598. The molecule has 1 aromatic heterocycles. The first-order valence-electron chi connectivity index (χ1n) is 4.34. The predicted molar refractivity (Wildman–Crippen MR) is 53.1 cm³/mol. The molecule has 0 amide bonds. The molecule has 7 heteroatoms. The van der Waals surface area contributed by atoms with Gasteiger partial charge in [0.2, 0.25) is 0 Å². The van der Waals surface area contributed by atoms with Crippen molar-refractivity contribution in [3.63, 3.8) is 0 Å². The fourth-order valence-electron chi connectivity index (χ4n) is 1.10. The van der Waals surface area contributed by atoms with Crippen LogP contribution in [0, 0.1) is 0 Å². The number of rotatable bonds is 4. The molecule has 0 fully saturated rings. The highest BCUT2D eigenvalue weighted by molar-refractivity contribution is 5.72. The van der Waals surface area contributed by atoms with Gasteiger partial charge in [-0.05, 0) is 6.92 Å². The summed E-state index contributed by atoms with van der Waals surface area (Å²) in [6.45, 7) is 1.51. The number of nitrogens with one attached hydrogen (secondary N) is 2. The number of hydrogen-bond donors (Lipinski definition) is 3. The first-order chi connectivity index (χ1) is 7.06. The topological polar surface area (TPSA) is 104 Å². The Bertz CT molecular complexity index is 474. The third kappa shape index (κ3) is 2.46. The number of aromatic amines is 1. The molecule has 0 aliphatic rings. The summed E-state index contributed by atoms with van der Waals surface area (Å²) in [5.74, 6) is -1.08. The van der Waals surface area contributed by atoms with Crippen LogP contribution in [0.1, 0.15) is 6.92 Å². The molecule has 7 nitrogen and oxygen atoms in total. The Morgan fingerprint density at radius 1 is 1.60 bits per heavy atom. The van der Waals surface area contributed by atoms with Gasteiger partial charge in [-0.25, -0.2) is 4.79 Å². The van der Waals surface area contributed by atoms with Gasteiger partial charge in [0.1, 0.15) is 12.2 Å². The van der Waals surface area contributed by atoms with Crippen molar-refractivity contribution in [2.75, 3.05) is 11.9 Å². The summed E-state index contributed by atoms with van der Waals surface area (Å²) in [4.78, 5) is 35.2. The normalized spacial score (nSPS) is 9.93. The van der Waals surface area contributed by atoms with Gasteiger partial charge in [-0.1, -0.05) is 0 Å². The first kappa shape index (κ1) is 11.0. The number of carboxylic acids is 1. The standard InChI is InChI=1S/C8H11N3O4/c1-2-11-7(14)5(3-10-8(11)15)9-4-6(12)13/h3,9H,2,4H2,1H3,(H,10,15)(H,12,13). The van der Waals surface area contributed by atoms with Crippen LogP contribution in [0.2, 0.25) is 0 Å². The van der Waals surface area contributed by atoms with Crippen molar-refractivity contribution in [2.24, 2.45) is 0 Å². The monoisotopic (exact) mass is 213 g/mol.